The number of fused-ring (bicyclic) bond motifs is 1. The summed E-state index contributed by atoms with van der Waals surface area (Å²) in [7, 11) is 0. The van der Waals surface area contributed by atoms with Crippen LogP contribution in [0.2, 0.25) is 0 Å². The van der Waals surface area contributed by atoms with Crippen LogP contribution < -0.4 is 4.74 Å². The first-order chi connectivity index (χ1) is 6.31. The van der Waals surface area contributed by atoms with E-state index >= 15 is 0 Å². The Balaban J connectivity index is 2.18. The van der Waals surface area contributed by atoms with Gasteiger partial charge < -0.3 is 4.74 Å². The summed E-state index contributed by atoms with van der Waals surface area (Å²) in [6.45, 7) is 0. The molecule has 0 fully saturated rings. The van der Waals surface area contributed by atoms with Crippen molar-refractivity contribution in [3.05, 3.63) is 29.8 Å². The number of para-hydroxylation sites is 1. The van der Waals surface area contributed by atoms with Crippen molar-refractivity contribution in [2.75, 3.05) is 5.33 Å². The summed E-state index contributed by atoms with van der Waals surface area (Å²) in [6, 6.07) is 7.77. The lowest BCUT2D eigenvalue weighted by Gasteiger charge is -2.06. The molecule has 1 atom stereocenters. The first-order valence-corrected chi connectivity index (χ1v) is 5.26. The smallest absolute Gasteiger partial charge is 0.184 e. The van der Waals surface area contributed by atoms with Gasteiger partial charge in [-0.05, 0) is 11.6 Å². The van der Waals surface area contributed by atoms with Crippen LogP contribution in [-0.4, -0.2) is 17.2 Å². The molecule has 0 spiro atoms. The Labute approximate surface area is 85.0 Å². The molecule has 0 saturated heterocycles. The normalized spacial score (nSPS) is 19.3. The molecule has 13 heavy (non-hydrogen) atoms. The van der Waals surface area contributed by atoms with Crippen molar-refractivity contribution in [3.8, 4) is 5.75 Å². The number of hydrogen-bond donors (Lipinski definition) is 0. The van der Waals surface area contributed by atoms with E-state index in [0.717, 1.165) is 11.3 Å². The fourth-order valence-electron chi connectivity index (χ4n) is 1.45. The van der Waals surface area contributed by atoms with Gasteiger partial charge in [-0.1, -0.05) is 34.1 Å². The molecule has 2 nitrogen and oxygen atoms in total. The maximum absolute atomic E-state index is 11.3. The lowest BCUT2D eigenvalue weighted by atomic mass is 10.1. The largest absolute Gasteiger partial charge is 0.482 e. The van der Waals surface area contributed by atoms with Crippen molar-refractivity contribution in [2.24, 2.45) is 0 Å². The van der Waals surface area contributed by atoms with E-state index < -0.39 is 0 Å². The van der Waals surface area contributed by atoms with Gasteiger partial charge in [0.2, 0.25) is 0 Å². The van der Waals surface area contributed by atoms with Gasteiger partial charge in [0.1, 0.15) is 5.75 Å². The first kappa shape index (κ1) is 8.75. The summed E-state index contributed by atoms with van der Waals surface area (Å²) in [6.07, 6.45) is 0.428. The third-order valence-electron chi connectivity index (χ3n) is 2.14. The van der Waals surface area contributed by atoms with Crippen molar-refractivity contribution < 1.29 is 9.53 Å². The van der Waals surface area contributed by atoms with Gasteiger partial charge in [-0.15, -0.1) is 0 Å². The molecule has 0 amide bonds. The number of hydrogen-bond acceptors (Lipinski definition) is 2. The predicted octanol–water partition coefficient (Wildman–Crippen LogP) is 1.95. The zero-order valence-electron chi connectivity index (χ0n) is 7.00. The van der Waals surface area contributed by atoms with Gasteiger partial charge in [-0.25, -0.2) is 0 Å². The highest BCUT2D eigenvalue weighted by Crippen LogP contribution is 2.28. The summed E-state index contributed by atoms with van der Waals surface area (Å²) >= 11 is 3.14. The third-order valence-corrected chi connectivity index (χ3v) is 2.69. The number of alkyl halides is 1. The van der Waals surface area contributed by atoms with Crippen LogP contribution in [0.5, 0.6) is 5.75 Å². The highest BCUT2D eigenvalue weighted by molar-refractivity contribution is 9.09. The number of benzene rings is 1. The lowest BCUT2D eigenvalue weighted by molar-refractivity contribution is -0.122. The quantitative estimate of drug-likeness (QED) is 0.740. The minimum Gasteiger partial charge on any atom is -0.482 e. The summed E-state index contributed by atoms with van der Waals surface area (Å²) in [5.74, 6) is 0.956. The third kappa shape index (κ3) is 1.61. The maximum Gasteiger partial charge on any atom is 0.184 e. The number of rotatable bonds is 2. The van der Waals surface area contributed by atoms with E-state index in [1.54, 1.807) is 0 Å². The molecule has 0 radical (unpaired) electrons. The summed E-state index contributed by atoms with van der Waals surface area (Å²) in [5.41, 5.74) is 1.13. The Morgan fingerprint density at radius 2 is 2.31 bits per heavy atom. The molecular formula is C10H9BrO2. The Kier molecular flexibility index (Phi) is 2.36. The number of carbonyl (C=O) groups is 1. The van der Waals surface area contributed by atoms with Crippen molar-refractivity contribution in [1.82, 2.24) is 0 Å². The van der Waals surface area contributed by atoms with Crippen LogP contribution in [0, 0.1) is 0 Å². The predicted molar refractivity (Wildman–Crippen MR) is 53.4 cm³/mol. The molecule has 1 aliphatic rings. The zero-order valence-corrected chi connectivity index (χ0v) is 8.58. The van der Waals surface area contributed by atoms with Crippen molar-refractivity contribution >= 4 is 21.7 Å². The Morgan fingerprint density at radius 3 is 3.00 bits per heavy atom. The van der Waals surface area contributed by atoms with E-state index in [1.807, 2.05) is 24.3 Å². The summed E-state index contributed by atoms with van der Waals surface area (Å²) in [5, 5.41) is 0.367. The van der Waals surface area contributed by atoms with Crippen LogP contribution in [0.15, 0.2) is 24.3 Å². The number of carbonyl (C=O) groups excluding carboxylic acids is 1. The molecule has 3 heteroatoms. The van der Waals surface area contributed by atoms with Gasteiger partial charge in [-0.3, -0.25) is 4.79 Å². The maximum atomic E-state index is 11.3. The van der Waals surface area contributed by atoms with Gasteiger partial charge in [0, 0.05) is 6.42 Å². The fraction of sp³-hybridized carbons (Fsp3) is 0.300. The minimum atomic E-state index is -0.281. The van der Waals surface area contributed by atoms with Crippen molar-refractivity contribution in [3.63, 3.8) is 0 Å². The standard InChI is InChI=1S/C10H9BrO2/c11-6-8(12)10-5-7-3-1-2-4-9(7)13-10/h1-4,10H,5-6H2. The van der Waals surface area contributed by atoms with Crippen molar-refractivity contribution in [1.29, 1.82) is 0 Å². The molecule has 1 heterocycles. The lowest BCUT2D eigenvalue weighted by Crippen LogP contribution is -2.25. The molecule has 0 bridgehead atoms. The Morgan fingerprint density at radius 1 is 1.54 bits per heavy atom. The molecular weight excluding hydrogens is 232 g/mol. The van der Waals surface area contributed by atoms with E-state index in [4.69, 9.17) is 4.74 Å². The monoisotopic (exact) mass is 240 g/mol. The molecule has 2 rings (SSSR count). The number of ketones is 1. The summed E-state index contributed by atoms with van der Waals surface area (Å²) in [4.78, 5) is 11.3. The van der Waals surface area contributed by atoms with Gasteiger partial charge in [0.25, 0.3) is 0 Å². The fourth-order valence-corrected chi connectivity index (χ4v) is 1.81. The Bertz CT molecular complexity index is 310. The second-order valence-corrected chi connectivity index (χ2v) is 3.58. The van der Waals surface area contributed by atoms with Gasteiger partial charge in [-0.2, -0.15) is 0 Å². The molecule has 0 aromatic heterocycles. The molecule has 1 aromatic rings. The SMILES string of the molecule is O=C(CBr)C1Cc2ccccc2O1. The van der Waals surface area contributed by atoms with E-state index in [0.29, 0.717) is 11.8 Å². The van der Waals surface area contributed by atoms with Crippen LogP contribution in [0.1, 0.15) is 5.56 Å². The summed E-state index contributed by atoms with van der Waals surface area (Å²) < 4.78 is 5.48. The molecule has 68 valence electrons. The van der Waals surface area contributed by atoms with E-state index in [-0.39, 0.29) is 11.9 Å². The molecule has 0 saturated carbocycles. The molecule has 1 unspecified atom stereocenters. The van der Waals surface area contributed by atoms with Gasteiger partial charge in [0.15, 0.2) is 11.9 Å². The van der Waals surface area contributed by atoms with E-state index in [1.165, 1.54) is 0 Å². The second kappa shape index (κ2) is 3.50. The topological polar surface area (TPSA) is 26.3 Å². The molecule has 1 aromatic carbocycles. The average Bonchev–Trinajstić information content (AvgIpc) is 2.59. The van der Waals surface area contributed by atoms with Crippen molar-refractivity contribution in [2.45, 2.75) is 12.5 Å². The Hall–Kier alpha value is -0.830. The highest BCUT2D eigenvalue weighted by atomic mass is 79.9. The molecule has 0 aliphatic carbocycles. The van der Waals surface area contributed by atoms with Crippen LogP contribution in [-0.2, 0) is 11.2 Å². The zero-order chi connectivity index (χ0) is 9.26. The highest BCUT2D eigenvalue weighted by Gasteiger charge is 2.27. The number of Topliss-reactive ketones (excluding diaryl/α,β-unsaturated/α-hetero) is 1. The van der Waals surface area contributed by atoms with Gasteiger partial charge in [0.05, 0.1) is 5.33 Å². The number of ether oxygens (including phenoxy) is 1. The minimum absolute atomic E-state index is 0.108. The number of halogens is 1. The van der Waals surface area contributed by atoms with E-state index in [2.05, 4.69) is 15.9 Å². The van der Waals surface area contributed by atoms with Crippen LogP contribution in [0.3, 0.4) is 0 Å². The molecule has 0 N–H and O–H groups in total. The second-order valence-electron chi connectivity index (χ2n) is 3.02. The van der Waals surface area contributed by atoms with E-state index in [9.17, 15) is 4.79 Å². The first-order valence-electron chi connectivity index (χ1n) is 4.14. The van der Waals surface area contributed by atoms with Gasteiger partial charge >= 0.3 is 0 Å². The van der Waals surface area contributed by atoms with Crippen LogP contribution in [0.25, 0.3) is 0 Å². The average molecular weight is 241 g/mol. The molecule has 1 aliphatic heterocycles. The van der Waals surface area contributed by atoms with Crippen LogP contribution in [0.4, 0.5) is 0 Å². The van der Waals surface area contributed by atoms with Crippen LogP contribution >= 0.6 is 15.9 Å².